The van der Waals surface area contributed by atoms with E-state index in [1.54, 1.807) is 4.80 Å². The summed E-state index contributed by atoms with van der Waals surface area (Å²) in [5.74, 6) is 0.354. The molecule has 0 spiro atoms. The van der Waals surface area contributed by atoms with E-state index >= 15 is 0 Å². The van der Waals surface area contributed by atoms with Gasteiger partial charge in [-0.2, -0.15) is 4.80 Å². The van der Waals surface area contributed by atoms with Gasteiger partial charge in [0.15, 0.2) is 0 Å². The van der Waals surface area contributed by atoms with Crippen molar-refractivity contribution in [1.82, 2.24) is 15.0 Å². The summed E-state index contributed by atoms with van der Waals surface area (Å²) in [6.07, 6.45) is 0. The van der Waals surface area contributed by atoms with Crippen LogP contribution in [0.5, 0.6) is 0 Å². The highest BCUT2D eigenvalue weighted by atomic mass is 16.1. The molecule has 4 aromatic rings. The van der Waals surface area contributed by atoms with Gasteiger partial charge in [-0.05, 0) is 85.3 Å². The number of carbonyl (C=O) groups excluding carboxylic acids is 1. The molecule has 5 nitrogen and oxygen atoms in total. The summed E-state index contributed by atoms with van der Waals surface area (Å²) in [6, 6.07) is 17.8. The second-order valence-corrected chi connectivity index (χ2v) is 8.14. The van der Waals surface area contributed by atoms with Crippen molar-refractivity contribution in [2.75, 3.05) is 5.32 Å². The van der Waals surface area contributed by atoms with Gasteiger partial charge in [-0.1, -0.05) is 32.0 Å². The van der Waals surface area contributed by atoms with E-state index in [9.17, 15) is 4.79 Å². The molecule has 0 atom stereocenters. The molecule has 0 saturated carbocycles. The zero-order valence-corrected chi connectivity index (χ0v) is 18.0. The van der Waals surface area contributed by atoms with Crippen LogP contribution >= 0.6 is 0 Å². The lowest BCUT2D eigenvalue weighted by Gasteiger charge is -2.09. The Kier molecular flexibility index (Phi) is 5.12. The number of rotatable bonds is 4. The highest BCUT2D eigenvalue weighted by Crippen LogP contribution is 2.24. The predicted molar refractivity (Wildman–Crippen MR) is 122 cm³/mol. The number of fused-ring (bicyclic) bond motifs is 1. The highest BCUT2D eigenvalue weighted by Gasteiger charge is 2.12. The standard InChI is InChI=1S/C25H26N4O/c1-15(2)19-8-10-21(11-9-19)29-27-23-13-18(5)22(14-24(23)28-29)26-25(30)20-7-6-16(3)17(4)12-20/h6-15H,1-5H3,(H,26,30). The van der Waals surface area contributed by atoms with Crippen molar-refractivity contribution in [1.29, 1.82) is 0 Å². The summed E-state index contributed by atoms with van der Waals surface area (Å²) in [6.45, 7) is 10.4. The Balaban J connectivity index is 1.63. The number of carbonyl (C=O) groups is 1. The lowest BCUT2D eigenvalue weighted by atomic mass is 10.0. The molecule has 0 fully saturated rings. The molecule has 3 aromatic carbocycles. The molecular weight excluding hydrogens is 372 g/mol. The largest absolute Gasteiger partial charge is 0.322 e. The quantitative estimate of drug-likeness (QED) is 0.478. The molecule has 0 aliphatic rings. The minimum atomic E-state index is -0.128. The average Bonchev–Trinajstić information content (AvgIpc) is 3.13. The number of hydrogen-bond donors (Lipinski definition) is 1. The molecule has 30 heavy (non-hydrogen) atoms. The Hall–Kier alpha value is -3.47. The van der Waals surface area contributed by atoms with E-state index in [1.807, 2.05) is 63.2 Å². The van der Waals surface area contributed by atoms with Gasteiger partial charge in [0, 0.05) is 11.3 Å². The number of benzene rings is 3. The van der Waals surface area contributed by atoms with Gasteiger partial charge in [0.25, 0.3) is 5.91 Å². The molecular formula is C25H26N4O. The zero-order valence-electron chi connectivity index (χ0n) is 18.0. The van der Waals surface area contributed by atoms with E-state index in [2.05, 4.69) is 41.5 Å². The Morgan fingerprint density at radius 2 is 1.50 bits per heavy atom. The van der Waals surface area contributed by atoms with E-state index < -0.39 is 0 Å². The van der Waals surface area contributed by atoms with Crippen LogP contribution in [0, 0.1) is 20.8 Å². The second kappa shape index (κ2) is 7.75. The van der Waals surface area contributed by atoms with Crippen LogP contribution in [0.2, 0.25) is 0 Å². The lowest BCUT2D eigenvalue weighted by molar-refractivity contribution is 0.102. The molecule has 0 unspecified atom stereocenters. The smallest absolute Gasteiger partial charge is 0.255 e. The molecule has 0 radical (unpaired) electrons. The first-order valence-corrected chi connectivity index (χ1v) is 10.2. The van der Waals surface area contributed by atoms with Gasteiger partial charge in [-0.25, -0.2) is 0 Å². The molecule has 152 valence electrons. The van der Waals surface area contributed by atoms with Gasteiger partial charge in [-0.3, -0.25) is 4.79 Å². The molecule has 1 N–H and O–H groups in total. The van der Waals surface area contributed by atoms with E-state index in [0.29, 0.717) is 11.5 Å². The molecule has 1 aromatic heterocycles. The molecule has 0 aliphatic heterocycles. The Bertz CT molecular complexity index is 1240. The number of aromatic nitrogens is 3. The summed E-state index contributed by atoms with van der Waals surface area (Å²) in [5, 5.41) is 12.2. The number of aryl methyl sites for hydroxylation is 3. The van der Waals surface area contributed by atoms with Gasteiger partial charge in [-0.15, -0.1) is 10.2 Å². The van der Waals surface area contributed by atoms with Crippen LogP contribution in [-0.2, 0) is 0 Å². The molecule has 0 saturated heterocycles. The topological polar surface area (TPSA) is 59.8 Å². The second-order valence-electron chi connectivity index (χ2n) is 8.14. The van der Waals surface area contributed by atoms with Crippen LogP contribution in [0.1, 0.15) is 52.4 Å². The van der Waals surface area contributed by atoms with E-state index in [0.717, 1.165) is 33.5 Å². The molecule has 1 amide bonds. The molecule has 5 heteroatoms. The number of nitrogens with one attached hydrogen (secondary N) is 1. The molecule has 0 aliphatic carbocycles. The average molecular weight is 399 g/mol. The summed E-state index contributed by atoms with van der Waals surface area (Å²) in [7, 11) is 0. The first-order valence-electron chi connectivity index (χ1n) is 10.2. The van der Waals surface area contributed by atoms with E-state index in [4.69, 9.17) is 0 Å². The van der Waals surface area contributed by atoms with Gasteiger partial charge >= 0.3 is 0 Å². The van der Waals surface area contributed by atoms with E-state index in [1.165, 1.54) is 11.1 Å². The van der Waals surface area contributed by atoms with Crippen molar-refractivity contribution in [2.24, 2.45) is 0 Å². The van der Waals surface area contributed by atoms with Crippen molar-refractivity contribution in [3.05, 3.63) is 82.4 Å². The third-order valence-electron chi connectivity index (χ3n) is 5.53. The van der Waals surface area contributed by atoms with E-state index in [-0.39, 0.29) is 5.91 Å². The Morgan fingerprint density at radius 1 is 0.833 bits per heavy atom. The van der Waals surface area contributed by atoms with Crippen LogP contribution < -0.4 is 5.32 Å². The first-order chi connectivity index (χ1) is 14.3. The molecule has 1 heterocycles. The summed E-state index contributed by atoms with van der Waals surface area (Å²) in [5.41, 5.74) is 8.33. The molecule has 0 bridgehead atoms. The van der Waals surface area contributed by atoms with Gasteiger partial charge < -0.3 is 5.32 Å². The summed E-state index contributed by atoms with van der Waals surface area (Å²) in [4.78, 5) is 14.4. The minimum absolute atomic E-state index is 0.128. The Morgan fingerprint density at radius 3 is 2.13 bits per heavy atom. The van der Waals surface area contributed by atoms with Crippen molar-refractivity contribution in [3.63, 3.8) is 0 Å². The third kappa shape index (κ3) is 3.83. The maximum atomic E-state index is 12.7. The Labute approximate surface area is 176 Å². The number of hydrogen-bond acceptors (Lipinski definition) is 3. The van der Waals surface area contributed by atoms with Crippen LogP contribution in [0.4, 0.5) is 5.69 Å². The van der Waals surface area contributed by atoms with Crippen LogP contribution in [0.3, 0.4) is 0 Å². The van der Waals surface area contributed by atoms with Gasteiger partial charge in [0.05, 0.1) is 5.69 Å². The number of nitrogens with zero attached hydrogens (tertiary/aromatic N) is 3. The zero-order chi connectivity index (χ0) is 21.4. The monoisotopic (exact) mass is 398 g/mol. The fourth-order valence-corrected chi connectivity index (χ4v) is 3.39. The lowest BCUT2D eigenvalue weighted by Crippen LogP contribution is -2.13. The first kappa shape index (κ1) is 19.8. The molecule has 4 rings (SSSR count). The summed E-state index contributed by atoms with van der Waals surface area (Å²) >= 11 is 0. The predicted octanol–water partition coefficient (Wildman–Crippen LogP) is 5.72. The van der Waals surface area contributed by atoms with Crippen LogP contribution in [0.15, 0.2) is 54.6 Å². The maximum absolute atomic E-state index is 12.7. The number of amides is 1. The van der Waals surface area contributed by atoms with Gasteiger partial charge in [0.2, 0.25) is 0 Å². The van der Waals surface area contributed by atoms with Crippen molar-refractivity contribution < 1.29 is 4.79 Å². The third-order valence-corrected chi connectivity index (χ3v) is 5.53. The fraction of sp³-hybridized carbons (Fsp3) is 0.240. The van der Waals surface area contributed by atoms with Crippen molar-refractivity contribution in [2.45, 2.75) is 40.5 Å². The van der Waals surface area contributed by atoms with Crippen molar-refractivity contribution >= 4 is 22.6 Å². The minimum Gasteiger partial charge on any atom is -0.322 e. The fourth-order valence-electron chi connectivity index (χ4n) is 3.39. The van der Waals surface area contributed by atoms with Gasteiger partial charge in [0.1, 0.15) is 11.0 Å². The summed E-state index contributed by atoms with van der Waals surface area (Å²) < 4.78 is 0. The van der Waals surface area contributed by atoms with Crippen LogP contribution in [-0.4, -0.2) is 20.9 Å². The normalized spacial score (nSPS) is 11.3. The van der Waals surface area contributed by atoms with Crippen molar-refractivity contribution in [3.8, 4) is 5.69 Å². The van der Waals surface area contributed by atoms with Crippen LogP contribution in [0.25, 0.3) is 16.7 Å². The number of anilines is 1. The highest BCUT2D eigenvalue weighted by molar-refractivity contribution is 6.05. The maximum Gasteiger partial charge on any atom is 0.255 e. The SMILES string of the molecule is Cc1ccc(C(=O)Nc2cc3nn(-c4ccc(C(C)C)cc4)nc3cc2C)cc1C.